The molecule has 0 radical (unpaired) electrons. The zero-order valence-electron chi connectivity index (χ0n) is 15.1. The van der Waals surface area contributed by atoms with Crippen molar-refractivity contribution in [3.8, 4) is 11.1 Å². The average Bonchev–Trinajstić information content (AvgIpc) is 3.11. The van der Waals surface area contributed by atoms with Crippen LogP contribution in [0, 0.1) is 0 Å². The van der Waals surface area contributed by atoms with Gasteiger partial charge < -0.3 is 0 Å². The van der Waals surface area contributed by atoms with Gasteiger partial charge in [-0.2, -0.15) is 0 Å². The monoisotopic (exact) mass is 344 g/mol. The highest BCUT2D eigenvalue weighted by Gasteiger charge is 2.17. The summed E-state index contributed by atoms with van der Waals surface area (Å²) in [5, 5.41) is 0. The fourth-order valence-corrected chi connectivity index (χ4v) is 3.99. The first-order valence-electron chi connectivity index (χ1n) is 9.42. The summed E-state index contributed by atoms with van der Waals surface area (Å²) >= 11 is 0. The summed E-state index contributed by atoms with van der Waals surface area (Å²) in [6.45, 7) is 0. The van der Waals surface area contributed by atoms with Crippen LogP contribution in [0.4, 0.5) is 0 Å². The molecule has 0 atom stereocenters. The molecule has 5 rings (SSSR count). The SMILES string of the molecule is C(=C(c1ccccc1)c1ccccc1)c1ccc2c(c1)Cc1ccccc1-2. The second-order valence-corrected chi connectivity index (χ2v) is 7.04. The molecule has 0 aliphatic heterocycles. The standard InChI is InChI=1S/C27H20/c1-3-9-21(10-4-1)27(22-11-5-2-6-12-22)18-20-15-16-26-24(17-20)19-23-13-7-8-14-25(23)26/h1-18H,19H2. The fraction of sp³-hybridized carbons (Fsp3) is 0.0370. The van der Waals surface area contributed by atoms with Crippen molar-refractivity contribution in [2.75, 3.05) is 0 Å². The van der Waals surface area contributed by atoms with E-state index in [1.165, 1.54) is 44.5 Å². The molecule has 27 heavy (non-hydrogen) atoms. The van der Waals surface area contributed by atoms with E-state index >= 15 is 0 Å². The third-order valence-electron chi connectivity index (χ3n) is 5.30. The first-order valence-corrected chi connectivity index (χ1v) is 9.42. The molecule has 0 saturated heterocycles. The maximum atomic E-state index is 2.35. The lowest BCUT2D eigenvalue weighted by atomic mass is 9.94. The first kappa shape index (κ1) is 15.8. The lowest BCUT2D eigenvalue weighted by Crippen LogP contribution is -1.89. The van der Waals surface area contributed by atoms with Gasteiger partial charge >= 0.3 is 0 Å². The smallest absolute Gasteiger partial charge is 0.00132 e. The third kappa shape index (κ3) is 3.00. The van der Waals surface area contributed by atoms with E-state index in [2.05, 4.69) is 109 Å². The molecule has 0 heteroatoms. The quantitative estimate of drug-likeness (QED) is 0.314. The first-order chi connectivity index (χ1) is 13.4. The minimum atomic E-state index is 1.03. The maximum absolute atomic E-state index is 2.35. The lowest BCUT2D eigenvalue weighted by molar-refractivity contribution is 1.26. The molecule has 4 aromatic carbocycles. The Hall–Kier alpha value is -3.38. The average molecular weight is 344 g/mol. The predicted octanol–water partition coefficient (Wildman–Crippen LogP) is 6.85. The Balaban J connectivity index is 1.61. The number of hydrogen-bond donors (Lipinski definition) is 0. The highest BCUT2D eigenvalue weighted by atomic mass is 14.2. The zero-order chi connectivity index (χ0) is 18.1. The Morgan fingerprint density at radius 3 is 1.85 bits per heavy atom. The van der Waals surface area contributed by atoms with Crippen molar-refractivity contribution < 1.29 is 0 Å². The molecule has 0 saturated carbocycles. The van der Waals surface area contributed by atoms with Crippen LogP contribution < -0.4 is 0 Å². The Morgan fingerprint density at radius 1 is 0.556 bits per heavy atom. The highest BCUT2D eigenvalue weighted by Crippen LogP contribution is 2.37. The van der Waals surface area contributed by atoms with Crippen LogP contribution in [0.5, 0.6) is 0 Å². The van der Waals surface area contributed by atoms with E-state index in [-0.39, 0.29) is 0 Å². The van der Waals surface area contributed by atoms with Crippen LogP contribution in [-0.2, 0) is 6.42 Å². The predicted molar refractivity (Wildman–Crippen MR) is 115 cm³/mol. The van der Waals surface area contributed by atoms with Crippen LogP contribution in [0.25, 0.3) is 22.8 Å². The molecule has 128 valence electrons. The number of benzene rings is 4. The molecule has 0 heterocycles. The molecule has 0 aromatic heterocycles. The normalized spacial score (nSPS) is 11.6. The topological polar surface area (TPSA) is 0 Å². The molecule has 0 nitrogen and oxygen atoms in total. The summed E-state index contributed by atoms with van der Waals surface area (Å²) < 4.78 is 0. The second kappa shape index (κ2) is 6.74. The van der Waals surface area contributed by atoms with Gasteiger partial charge in [0.1, 0.15) is 0 Å². The van der Waals surface area contributed by atoms with Crippen molar-refractivity contribution >= 4 is 11.6 Å². The van der Waals surface area contributed by atoms with Gasteiger partial charge in [-0.25, -0.2) is 0 Å². The van der Waals surface area contributed by atoms with Gasteiger partial charge in [-0.05, 0) is 57.0 Å². The molecule has 1 aliphatic rings. The Bertz CT molecular complexity index is 1080. The van der Waals surface area contributed by atoms with Crippen molar-refractivity contribution in [3.05, 3.63) is 131 Å². The van der Waals surface area contributed by atoms with Crippen LogP contribution in [0.1, 0.15) is 27.8 Å². The maximum Gasteiger partial charge on any atom is -0.00132 e. The third-order valence-corrected chi connectivity index (χ3v) is 5.30. The largest absolute Gasteiger partial charge is 0.0622 e. The van der Waals surface area contributed by atoms with E-state index in [1.807, 2.05) is 0 Å². The number of hydrogen-bond acceptors (Lipinski definition) is 0. The van der Waals surface area contributed by atoms with Crippen molar-refractivity contribution in [3.63, 3.8) is 0 Å². The molecular weight excluding hydrogens is 324 g/mol. The Labute approximate surface area is 160 Å². The van der Waals surface area contributed by atoms with E-state index in [4.69, 9.17) is 0 Å². The van der Waals surface area contributed by atoms with Crippen molar-refractivity contribution in [1.82, 2.24) is 0 Å². The minimum absolute atomic E-state index is 1.03. The molecule has 0 bridgehead atoms. The summed E-state index contributed by atoms with van der Waals surface area (Å²) in [6, 6.07) is 36.9. The van der Waals surface area contributed by atoms with Crippen LogP contribution in [0.15, 0.2) is 103 Å². The Kier molecular flexibility index (Phi) is 3.95. The molecule has 0 unspecified atom stereocenters. The van der Waals surface area contributed by atoms with Crippen molar-refractivity contribution in [1.29, 1.82) is 0 Å². The van der Waals surface area contributed by atoms with E-state index in [0.29, 0.717) is 0 Å². The number of fused-ring (bicyclic) bond motifs is 3. The van der Waals surface area contributed by atoms with Gasteiger partial charge in [-0.1, -0.05) is 103 Å². The van der Waals surface area contributed by atoms with E-state index < -0.39 is 0 Å². The molecule has 0 fully saturated rings. The van der Waals surface area contributed by atoms with Gasteiger partial charge in [0.05, 0.1) is 0 Å². The van der Waals surface area contributed by atoms with Gasteiger partial charge in [-0.15, -0.1) is 0 Å². The second-order valence-electron chi connectivity index (χ2n) is 7.04. The van der Waals surface area contributed by atoms with Crippen LogP contribution in [0.3, 0.4) is 0 Å². The fourth-order valence-electron chi connectivity index (χ4n) is 3.99. The van der Waals surface area contributed by atoms with Gasteiger partial charge in [0.2, 0.25) is 0 Å². The summed E-state index contributed by atoms with van der Waals surface area (Å²) in [5.41, 5.74) is 10.6. The zero-order valence-corrected chi connectivity index (χ0v) is 15.1. The highest BCUT2D eigenvalue weighted by molar-refractivity contribution is 5.92. The van der Waals surface area contributed by atoms with Gasteiger partial charge in [0.15, 0.2) is 0 Å². The molecule has 0 amide bonds. The van der Waals surface area contributed by atoms with Gasteiger partial charge in [-0.3, -0.25) is 0 Å². The number of rotatable bonds is 3. The molecule has 0 N–H and O–H groups in total. The Morgan fingerprint density at radius 2 is 1.15 bits per heavy atom. The van der Waals surface area contributed by atoms with Crippen molar-refractivity contribution in [2.45, 2.75) is 6.42 Å². The van der Waals surface area contributed by atoms with Crippen LogP contribution >= 0.6 is 0 Å². The molecule has 1 aliphatic carbocycles. The van der Waals surface area contributed by atoms with Crippen LogP contribution in [-0.4, -0.2) is 0 Å². The summed E-state index contributed by atoms with van der Waals surface area (Å²) in [4.78, 5) is 0. The van der Waals surface area contributed by atoms with Crippen LogP contribution in [0.2, 0.25) is 0 Å². The summed E-state index contributed by atoms with van der Waals surface area (Å²) in [5.74, 6) is 0. The van der Waals surface area contributed by atoms with Gasteiger partial charge in [0, 0.05) is 0 Å². The molecular formula is C27H20. The minimum Gasteiger partial charge on any atom is -0.0622 e. The van der Waals surface area contributed by atoms with E-state index in [1.54, 1.807) is 0 Å². The molecule has 4 aromatic rings. The van der Waals surface area contributed by atoms with Gasteiger partial charge in [0.25, 0.3) is 0 Å². The van der Waals surface area contributed by atoms with E-state index in [0.717, 1.165) is 6.42 Å². The lowest BCUT2D eigenvalue weighted by Gasteiger charge is -2.10. The molecule has 0 spiro atoms. The van der Waals surface area contributed by atoms with Crippen molar-refractivity contribution in [2.24, 2.45) is 0 Å². The van der Waals surface area contributed by atoms with E-state index in [9.17, 15) is 0 Å². The summed E-state index contributed by atoms with van der Waals surface area (Å²) in [6.07, 6.45) is 3.34. The summed E-state index contributed by atoms with van der Waals surface area (Å²) in [7, 11) is 0.